The minimum Gasteiger partial charge on any atom is -0.495 e. The molecule has 7 heteroatoms. The number of imidazole rings is 1. The average Bonchev–Trinajstić information content (AvgIpc) is 2.91. The molecule has 3 rings (SSSR count). The number of fused-ring (bicyclic) bond motifs is 1. The molecule has 0 bridgehead atoms. The molecule has 0 aliphatic rings. The standard InChI is InChI=1S/C18H18ClN3O2S/c1-11(17(23)20-14-10-12(19)8-9-16(14)24-3)25-18-21-13-6-4-5-7-15(13)22(18)2/h4-11H,1-3H3,(H,20,23). The van der Waals surface area contributed by atoms with Crippen LogP contribution in [0.1, 0.15) is 6.92 Å². The van der Waals surface area contributed by atoms with Crippen LogP contribution in [0.4, 0.5) is 5.69 Å². The summed E-state index contributed by atoms with van der Waals surface area (Å²) in [6.45, 7) is 1.84. The highest BCUT2D eigenvalue weighted by Crippen LogP contribution is 2.30. The number of amides is 1. The van der Waals surface area contributed by atoms with Gasteiger partial charge >= 0.3 is 0 Å². The lowest BCUT2D eigenvalue weighted by Gasteiger charge is -2.14. The van der Waals surface area contributed by atoms with Crippen molar-refractivity contribution in [2.45, 2.75) is 17.3 Å². The van der Waals surface area contributed by atoms with Gasteiger partial charge in [0.15, 0.2) is 5.16 Å². The zero-order valence-corrected chi connectivity index (χ0v) is 15.7. The Kier molecular flexibility index (Phi) is 5.20. The Hall–Kier alpha value is -2.18. The Labute approximate surface area is 155 Å². The number of aryl methyl sites for hydroxylation is 1. The van der Waals surface area contributed by atoms with Gasteiger partial charge in [-0.3, -0.25) is 4.79 Å². The first-order valence-corrected chi connectivity index (χ1v) is 8.98. The van der Waals surface area contributed by atoms with Gasteiger partial charge < -0.3 is 14.6 Å². The van der Waals surface area contributed by atoms with E-state index in [1.807, 2.05) is 42.8 Å². The van der Waals surface area contributed by atoms with Crippen LogP contribution in [0.15, 0.2) is 47.6 Å². The molecule has 1 heterocycles. The van der Waals surface area contributed by atoms with E-state index in [1.165, 1.54) is 11.8 Å². The number of hydrogen-bond acceptors (Lipinski definition) is 4. The van der Waals surface area contributed by atoms with Crippen LogP contribution in [0.3, 0.4) is 0 Å². The Morgan fingerprint density at radius 3 is 2.80 bits per heavy atom. The molecule has 1 amide bonds. The maximum absolute atomic E-state index is 12.6. The van der Waals surface area contributed by atoms with Crippen molar-refractivity contribution in [2.75, 3.05) is 12.4 Å². The molecule has 5 nitrogen and oxygen atoms in total. The number of methoxy groups -OCH3 is 1. The summed E-state index contributed by atoms with van der Waals surface area (Å²) < 4.78 is 7.25. The van der Waals surface area contributed by atoms with Crippen LogP contribution in [0, 0.1) is 0 Å². The van der Waals surface area contributed by atoms with E-state index in [2.05, 4.69) is 10.3 Å². The first-order valence-electron chi connectivity index (χ1n) is 7.72. The molecule has 1 N–H and O–H groups in total. The number of aromatic nitrogens is 2. The summed E-state index contributed by atoms with van der Waals surface area (Å²) in [5, 5.41) is 3.86. The number of anilines is 1. The number of nitrogens with zero attached hydrogens (tertiary/aromatic N) is 2. The zero-order valence-electron chi connectivity index (χ0n) is 14.1. The molecule has 1 unspecified atom stereocenters. The second-order valence-corrected chi connectivity index (χ2v) is 7.28. The molecule has 0 saturated heterocycles. The molecule has 0 aliphatic carbocycles. The van der Waals surface area contributed by atoms with Gasteiger partial charge in [0.1, 0.15) is 5.75 Å². The smallest absolute Gasteiger partial charge is 0.237 e. The van der Waals surface area contributed by atoms with E-state index in [9.17, 15) is 4.79 Å². The third-order valence-corrected chi connectivity index (χ3v) is 5.20. The van der Waals surface area contributed by atoms with Crippen LogP contribution in [0.2, 0.25) is 5.02 Å². The minimum atomic E-state index is -0.334. The lowest BCUT2D eigenvalue weighted by molar-refractivity contribution is -0.115. The number of carbonyl (C=O) groups excluding carboxylic acids is 1. The molecule has 1 aromatic heterocycles. The number of carbonyl (C=O) groups is 1. The van der Waals surface area contributed by atoms with Gasteiger partial charge in [-0.15, -0.1) is 0 Å². The first-order chi connectivity index (χ1) is 12.0. The molecule has 0 spiro atoms. The number of ether oxygens (including phenoxy) is 1. The van der Waals surface area contributed by atoms with E-state index in [1.54, 1.807) is 25.3 Å². The summed E-state index contributed by atoms with van der Waals surface area (Å²) in [5.41, 5.74) is 2.50. The highest BCUT2D eigenvalue weighted by molar-refractivity contribution is 8.00. The van der Waals surface area contributed by atoms with Crippen LogP contribution < -0.4 is 10.1 Å². The number of rotatable bonds is 5. The quantitative estimate of drug-likeness (QED) is 0.673. The van der Waals surface area contributed by atoms with E-state index in [-0.39, 0.29) is 11.2 Å². The van der Waals surface area contributed by atoms with E-state index >= 15 is 0 Å². The van der Waals surface area contributed by atoms with E-state index in [0.717, 1.165) is 16.2 Å². The second kappa shape index (κ2) is 7.37. The fraction of sp³-hybridized carbons (Fsp3) is 0.222. The van der Waals surface area contributed by atoms with Gasteiger partial charge in [0.05, 0.1) is 29.1 Å². The molecule has 130 valence electrons. The summed E-state index contributed by atoms with van der Waals surface area (Å²) in [6, 6.07) is 13.0. The highest BCUT2D eigenvalue weighted by atomic mass is 35.5. The van der Waals surface area contributed by atoms with Gasteiger partial charge in [0.2, 0.25) is 5.91 Å². The number of halogens is 1. The van der Waals surface area contributed by atoms with Gasteiger partial charge in [0, 0.05) is 12.1 Å². The normalized spacial score (nSPS) is 12.2. The summed E-state index contributed by atoms with van der Waals surface area (Å²) in [5.74, 6) is 0.426. The van der Waals surface area contributed by atoms with Crippen LogP contribution in [0.5, 0.6) is 5.75 Å². The largest absolute Gasteiger partial charge is 0.495 e. The predicted octanol–water partition coefficient (Wildman–Crippen LogP) is 4.35. The molecule has 0 aliphatic heterocycles. The number of benzene rings is 2. The molecule has 1 atom stereocenters. The third kappa shape index (κ3) is 3.75. The lowest BCUT2D eigenvalue weighted by Crippen LogP contribution is -2.23. The maximum atomic E-state index is 12.6. The van der Waals surface area contributed by atoms with Gasteiger partial charge in [-0.05, 0) is 37.3 Å². The van der Waals surface area contributed by atoms with Gasteiger partial charge in [-0.2, -0.15) is 0 Å². The van der Waals surface area contributed by atoms with E-state index in [0.29, 0.717) is 16.5 Å². The summed E-state index contributed by atoms with van der Waals surface area (Å²) >= 11 is 7.41. The number of para-hydroxylation sites is 2. The van der Waals surface area contributed by atoms with Gasteiger partial charge in [0.25, 0.3) is 0 Å². The molecule has 3 aromatic rings. The Morgan fingerprint density at radius 2 is 2.08 bits per heavy atom. The number of thioether (sulfide) groups is 1. The summed E-state index contributed by atoms with van der Waals surface area (Å²) in [6.07, 6.45) is 0. The molecule has 25 heavy (non-hydrogen) atoms. The van der Waals surface area contributed by atoms with E-state index in [4.69, 9.17) is 16.3 Å². The van der Waals surface area contributed by atoms with Crippen LogP contribution in [0.25, 0.3) is 11.0 Å². The Bertz CT molecular complexity index is 926. The van der Waals surface area contributed by atoms with Crippen molar-refractivity contribution in [3.8, 4) is 5.75 Å². The lowest BCUT2D eigenvalue weighted by atomic mass is 10.3. The first kappa shape index (κ1) is 17.6. The van der Waals surface area contributed by atoms with Crippen molar-refractivity contribution in [1.29, 1.82) is 0 Å². The van der Waals surface area contributed by atoms with Gasteiger partial charge in [-0.1, -0.05) is 35.5 Å². The second-order valence-electron chi connectivity index (χ2n) is 5.54. The maximum Gasteiger partial charge on any atom is 0.237 e. The minimum absolute atomic E-state index is 0.141. The van der Waals surface area contributed by atoms with E-state index < -0.39 is 0 Å². The molecule has 0 fully saturated rings. The van der Waals surface area contributed by atoms with Crippen molar-refractivity contribution in [2.24, 2.45) is 7.05 Å². The predicted molar refractivity (Wildman–Crippen MR) is 103 cm³/mol. The fourth-order valence-electron chi connectivity index (χ4n) is 2.45. The van der Waals surface area contributed by atoms with Crippen molar-refractivity contribution in [3.05, 3.63) is 47.5 Å². The van der Waals surface area contributed by atoms with Crippen molar-refractivity contribution in [3.63, 3.8) is 0 Å². The van der Waals surface area contributed by atoms with Crippen molar-refractivity contribution in [1.82, 2.24) is 9.55 Å². The molecule has 2 aromatic carbocycles. The summed E-state index contributed by atoms with van der Waals surface area (Å²) in [4.78, 5) is 17.1. The zero-order chi connectivity index (χ0) is 18.0. The van der Waals surface area contributed by atoms with Crippen LogP contribution in [-0.2, 0) is 11.8 Å². The Morgan fingerprint density at radius 1 is 1.32 bits per heavy atom. The summed E-state index contributed by atoms with van der Waals surface area (Å²) in [7, 11) is 3.50. The van der Waals surface area contributed by atoms with Crippen molar-refractivity contribution < 1.29 is 9.53 Å². The molecular formula is C18H18ClN3O2S. The highest BCUT2D eigenvalue weighted by Gasteiger charge is 2.19. The fourth-order valence-corrected chi connectivity index (χ4v) is 3.51. The van der Waals surface area contributed by atoms with Crippen LogP contribution in [-0.4, -0.2) is 27.8 Å². The Balaban J connectivity index is 1.76. The average molecular weight is 376 g/mol. The topological polar surface area (TPSA) is 56.1 Å². The molecule has 0 saturated carbocycles. The van der Waals surface area contributed by atoms with Gasteiger partial charge in [-0.25, -0.2) is 4.98 Å². The van der Waals surface area contributed by atoms with Crippen LogP contribution >= 0.6 is 23.4 Å². The molecular weight excluding hydrogens is 358 g/mol. The SMILES string of the molecule is COc1ccc(Cl)cc1NC(=O)C(C)Sc1nc2ccccc2n1C. The third-order valence-electron chi connectivity index (χ3n) is 3.82. The number of nitrogens with one attached hydrogen (secondary N) is 1. The molecule has 0 radical (unpaired) electrons. The number of hydrogen-bond donors (Lipinski definition) is 1. The van der Waals surface area contributed by atoms with Crippen molar-refractivity contribution >= 4 is 46.0 Å². The monoisotopic (exact) mass is 375 g/mol.